The molecule has 2 unspecified atom stereocenters. The molecule has 1 amide bonds. The highest BCUT2D eigenvalue weighted by molar-refractivity contribution is 6.33. The summed E-state index contributed by atoms with van der Waals surface area (Å²) in [7, 11) is 1.60. The molecule has 1 aromatic heterocycles. The Morgan fingerprint density at radius 2 is 1.55 bits per heavy atom. The molecule has 156 valence electrons. The van der Waals surface area contributed by atoms with Crippen molar-refractivity contribution in [2.75, 3.05) is 13.7 Å². The number of hydrogen-bond donors (Lipinski definition) is 1. The van der Waals surface area contributed by atoms with Crippen molar-refractivity contribution < 1.29 is 14.3 Å². The van der Waals surface area contributed by atoms with Crippen LogP contribution in [0.3, 0.4) is 0 Å². The molecular formula is C24H20ClN3O3. The number of hydrazine groups is 1. The van der Waals surface area contributed by atoms with E-state index < -0.39 is 5.38 Å². The quantitative estimate of drug-likeness (QED) is 0.379. The van der Waals surface area contributed by atoms with Crippen LogP contribution in [0.2, 0.25) is 0 Å². The van der Waals surface area contributed by atoms with Crippen LogP contribution in [0.25, 0.3) is 21.8 Å². The zero-order valence-electron chi connectivity index (χ0n) is 16.8. The fraction of sp³-hybridized carbons (Fsp3) is 0.167. The second kappa shape index (κ2) is 7.72. The molecule has 0 aliphatic carbocycles. The Kier molecular flexibility index (Phi) is 4.88. The number of nitrogens with one attached hydrogen (secondary N) is 1. The first kappa shape index (κ1) is 19.6. The van der Waals surface area contributed by atoms with Gasteiger partial charge in [-0.15, -0.1) is 11.6 Å². The highest BCUT2D eigenvalue weighted by atomic mass is 35.5. The van der Waals surface area contributed by atoms with Crippen LogP contribution in [0.4, 0.5) is 0 Å². The number of methoxy groups -OCH3 is 1. The Hall–Kier alpha value is -3.35. The molecule has 4 aromatic rings. The van der Waals surface area contributed by atoms with Crippen molar-refractivity contribution in [2.45, 2.75) is 11.4 Å². The summed E-state index contributed by atoms with van der Waals surface area (Å²) in [4.78, 5) is 25.6. The molecule has 1 aliphatic heterocycles. The Morgan fingerprint density at radius 1 is 0.968 bits per heavy atom. The maximum absolute atomic E-state index is 13.2. The number of para-hydroxylation sites is 2. The summed E-state index contributed by atoms with van der Waals surface area (Å²) < 4.78 is 6.89. The van der Waals surface area contributed by atoms with Crippen LogP contribution < -0.4 is 10.2 Å². The number of carbonyl (C=O) groups is 2. The second-order valence-electron chi connectivity index (χ2n) is 7.43. The van der Waals surface area contributed by atoms with Gasteiger partial charge in [0.15, 0.2) is 0 Å². The number of halogens is 1. The molecule has 31 heavy (non-hydrogen) atoms. The van der Waals surface area contributed by atoms with E-state index in [1.807, 2.05) is 72.8 Å². The normalized spacial score (nSPS) is 18.4. The van der Waals surface area contributed by atoms with E-state index in [1.54, 1.807) is 11.7 Å². The van der Waals surface area contributed by atoms with Crippen molar-refractivity contribution in [3.8, 4) is 5.75 Å². The molecule has 0 saturated carbocycles. The number of β-lactam (4-membered cyclic amide) rings is 1. The predicted molar refractivity (Wildman–Crippen MR) is 120 cm³/mol. The number of aromatic nitrogens is 1. The van der Waals surface area contributed by atoms with E-state index in [0.717, 1.165) is 33.1 Å². The second-order valence-corrected chi connectivity index (χ2v) is 7.90. The van der Waals surface area contributed by atoms with E-state index >= 15 is 0 Å². The number of fused-ring (bicyclic) bond motifs is 3. The average Bonchev–Trinajstić information content (AvgIpc) is 3.15. The fourth-order valence-electron chi connectivity index (χ4n) is 4.17. The molecule has 1 fully saturated rings. The molecule has 1 aliphatic rings. The van der Waals surface area contributed by atoms with Crippen LogP contribution in [-0.2, 0) is 4.79 Å². The zero-order chi connectivity index (χ0) is 21.5. The lowest BCUT2D eigenvalue weighted by Crippen LogP contribution is -2.62. The number of ether oxygens (including phenoxy) is 1. The number of alkyl halides is 1. The third kappa shape index (κ3) is 3.15. The van der Waals surface area contributed by atoms with Gasteiger partial charge < -0.3 is 4.74 Å². The molecule has 2 heterocycles. The van der Waals surface area contributed by atoms with Crippen molar-refractivity contribution in [3.63, 3.8) is 0 Å². The maximum atomic E-state index is 13.2. The SMILES string of the molecule is COc1ccc(C2C(Cl)C(=O)N2NCC(=O)n2c3ccccc3c3ccccc32)cc1. The molecule has 1 saturated heterocycles. The number of amides is 1. The minimum atomic E-state index is -0.677. The van der Waals surface area contributed by atoms with Crippen LogP contribution in [0.5, 0.6) is 5.75 Å². The molecule has 2 atom stereocenters. The summed E-state index contributed by atoms with van der Waals surface area (Å²) in [6.45, 7) is -0.0370. The Morgan fingerprint density at radius 3 is 2.13 bits per heavy atom. The largest absolute Gasteiger partial charge is 0.497 e. The van der Waals surface area contributed by atoms with Crippen LogP contribution in [0, 0.1) is 0 Å². The van der Waals surface area contributed by atoms with Gasteiger partial charge in [0.1, 0.15) is 11.1 Å². The summed E-state index contributed by atoms with van der Waals surface area (Å²) in [5.41, 5.74) is 5.54. The van der Waals surface area contributed by atoms with Gasteiger partial charge in [-0.1, -0.05) is 48.5 Å². The van der Waals surface area contributed by atoms with Crippen molar-refractivity contribution in [1.29, 1.82) is 0 Å². The van der Waals surface area contributed by atoms with Gasteiger partial charge in [0.2, 0.25) is 5.91 Å². The average molecular weight is 434 g/mol. The summed E-state index contributed by atoms with van der Waals surface area (Å²) in [6.07, 6.45) is 0. The summed E-state index contributed by atoms with van der Waals surface area (Å²) in [5, 5.41) is 2.79. The van der Waals surface area contributed by atoms with Gasteiger partial charge in [-0.25, -0.2) is 5.43 Å². The Balaban J connectivity index is 1.40. The lowest BCUT2D eigenvalue weighted by atomic mass is 9.95. The molecular weight excluding hydrogens is 414 g/mol. The van der Waals surface area contributed by atoms with Gasteiger partial charge in [0, 0.05) is 10.8 Å². The van der Waals surface area contributed by atoms with E-state index in [-0.39, 0.29) is 24.4 Å². The lowest BCUT2D eigenvalue weighted by molar-refractivity contribution is -0.150. The molecule has 6 nitrogen and oxygen atoms in total. The molecule has 0 radical (unpaired) electrons. The van der Waals surface area contributed by atoms with Crippen molar-refractivity contribution in [3.05, 3.63) is 78.4 Å². The summed E-state index contributed by atoms with van der Waals surface area (Å²) in [6, 6.07) is 22.6. The van der Waals surface area contributed by atoms with Gasteiger partial charge in [-0.05, 0) is 29.8 Å². The highest BCUT2D eigenvalue weighted by Crippen LogP contribution is 2.37. The minimum Gasteiger partial charge on any atom is -0.497 e. The molecule has 5 rings (SSSR count). The van der Waals surface area contributed by atoms with Crippen molar-refractivity contribution in [2.24, 2.45) is 0 Å². The fourth-order valence-corrected chi connectivity index (χ4v) is 4.54. The van der Waals surface area contributed by atoms with Gasteiger partial charge in [-0.2, -0.15) is 0 Å². The standard InChI is InChI=1S/C24H20ClN3O3/c1-31-16-12-10-15(11-13-16)23-22(25)24(30)28(23)26-14-21(29)27-19-8-4-2-6-17(19)18-7-3-5-9-20(18)27/h2-13,22-23,26H,14H2,1H3. The van der Waals surface area contributed by atoms with Gasteiger partial charge >= 0.3 is 0 Å². The number of benzene rings is 3. The molecule has 1 N–H and O–H groups in total. The molecule has 0 bridgehead atoms. The van der Waals surface area contributed by atoms with Crippen LogP contribution in [-0.4, -0.2) is 40.4 Å². The Bertz CT molecular complexity index is 1250. The van der Waals surface area contributed by atoms with Gasteiger partial charge in [-0.3, -0.25) is 19.2 Å². The topological polar surface area (TPSA) is 63.6 Å². The molecule has 0 spiro atoms. The van der Waals surface area contributed by atoms with E-state index in [2.05, 4.69) is 5.43 Å². The smallest absolute Gasteiger partial charge is 0.257 e. The summed E-state index contributed by atoms with van der Waals surface area (Å²) in [5.74, 6) is 0.316. The lowest BCUT2D eigenvalue weighted by Gasteiger charge is -2.44. The predicted octanol–water partition coefficient (Wildman–Crippen LogP) is 4.14. The minimum absolute atomic E-state index is 0.0370. The van der Waals surface area contributed by atoms with Crippen molar-refractivity contribution in [1.82, 2.24) is 15.0 Å². The Labute approximate surface area is 183 Å². The van der Waals surface area contributed by atoms with Crippen LogP contribution >= 0.6 is 11.6 Å². The molecule has 7 heteroatoms. The monoisotopic (exact) mass is 433 g/mol. The first-order valence-corrected chi connectivity index (χ1v) is 10.4. The van der Waals surface area contributed by atoms with E-state index in [1.165, 1.54) is 5.01 Å². The first-order chi connectivity index (χ1) is 15.1. The van der Waals surface area contributed by atoms with Crippen LogP contribution in [0.1, 0.15) is 16.4 Å². The summed E-state index contributed by atoms with van der Waals surface area (Å²) >= 11 is 6.29. The van der Waals surface area contributed by atoms with E-state index in [9.17, 15) is 9.59 Å². The van der Waals surface area contributed by atoms with Gasteiger partial charge in [0.05, 0.1) is 30.7 Å². The van der Waals surface area contributed by atoms with Crippen molar-refractivity contribution >= 4 is 45.2 Å². The third-order valence-electron chi connectivity index (χ3n) is 5.72. The zero-order valence-corrected chi connectivity index (χ0v) is 17.5. The first-order valence-electron chi connectivity index (χ1n) is 9.96. The van der Waals surface area contributed by atoms with Crippen LogP contribution in [0.15, 0.2) is 72.8 Å². The number of hydrogen-bond acceptors (Lipinski definition) is 4. The number of rotatable bonds is 5. The molecule has 3 aromatic carbocycles. The third-order valence-corrected chi connectivity index (χ3v) is 6.14. The van der Waals surface area contributed by atoms with Gasteiger partial charge in [0.25, 0.3) is 5.91 Å². The van der Waals surface area contributed by atoms with E-state index in [0.29, 0.717) is 0 Å². The number of nitrogens with zero attached hydrogens (tertiary/aromatic N) is 2. The maximum Gasteiger partial charge on any atom is 0.257 e. The van der Waals surface area contributed by atoms with E-state index in [4.69, 9.17) is 16.3 Å². The number of carbonyl (C=O) groups excluding carboxylic acids is 2. The highest BCUT2D eigenvalue weighted by Gasteiger charge is 2.47.